The first-order valence-corrected chi connectivity index (χ1v) is 25.4. The van der Waals surface area contributed by atoms with Crippen molar-refractivity contribution in [3.05, 3.63) is 124 Å². The van der Waals surface area contributed by atoms with E-state index in [1.165, 1.54) is 25.5 Å². The van der Waals surface area contributed by atoms with Gasteiger partial charge in [0.05, 0.1) is 41.0 Å². The summed E-state index contributed by atoms with van der Waals surface area (Å²) < 4.78 is 17.5. The average molecular weight is 967 g/mol. The lowest BCUT2D eigenvalue weighted by molar-refractivity contribution is -0.134. The molecule has 0 radical (unpaired) electrons. The minimum absolute atomic E-state index is 0.208. The number of carbonyl (C=O) groups excluding carboxylic acids is 2. The molecule has 2 atom stereocenters. The van der Waals surface area contributed by atoms with Gasteiger partial charge in [0.15, 0.2) is 11.9 Å². The number of likely N-dealkylation sites (tertiary alicyclic amines) is 2. The molecule has 70 heavy (non-hydrogen) atoms. The smallest absolute Gasteiger partial charge is 0.249 e. The Balaban J connectivity index is 0.665. The number of amides is 2. The van der Waals surface area contributed by atoms with Crippen LogP contribution >= 0.6 is 11.6 Å². The van der Waals surface area contributed by atoms with Gasteiger partial charge in [0.25, 0.3) is 0 Å². The van der Waals surface area contributed by atoms with E-state index in [9.17, 15) is 14.9 Å². The summed E-state index contributed by atoms with van der Waals surface area (Å²) in [5, 5.41) is 12.7. The number of anilines is 3. The van der Waals surface area contributed by atoms with Crippen LogP contribution in [-0.2, 0) is 21.6 Å². The summed E-state index contributed by atoms with van der Waals surface area (Å²) in [4.78, 5) is 46.9. The van der Waals surface area contributed by atoms with Crippen LogP contribution in [0.4, 0.5) is 17.3 Å². The number of hydrogen-bond acceptors (Lipinski definition) is 13. The van der Waals surface area contributed by atoms with E-state index in [-0.39, 0.29) is 18.0 Å². The van der Waals surface area contributed by atoms with Crippen LogP contribution in [-0.4, -0.2) is 104 Å². The number of furan rings is 1. The number of nitrogens with one attached hydrogen (secondary N) is 1. The Morgan fingerprint density at radius 2 is 1.66 bits per heavy atom. The second-order valence-electron chi connectivity index (χ2n) is 20.3. The maximum Gasteiger partial charge on any atom is 0.249 e. The number of aromatic nitrogens is 2. The van der Waals surface area contributed by atoms with E-state index in [1.807, 2.05) is 48.7 Å². The molecule has 15 heteroatoms. The van der Waals surface area contributed by atoms with Gasteiger partial charge in [0.2, 0.25) is 17.8 Å². The van der Waals surface area contributed by atoms with Crippen LogP contribution in [0.5, 0.6) is 11.5 Å². The van der Waals surface area contributed by atoms with Gasteiger partial charge in [0.1, 0.15) is 30.2 Å². The lowest BCUT2D eigenvalue weighted by Crippen LogP contribution is -2.54. The number of imide groups is 1. The quantitative estimate of drug-likeness (QED) is 0.112. The van der Waals surface area contributed by atoms with Crippen LogP contribution in [0.15, 0.2) is 89.7 Å². The first kappa shape index (κ1) is 47.5. The molecule has 5 aliphatic rings. The number of rotatable bonds is 13. The summed E-state index contributed by atoms with van der Waals surface area (Å²) in [5.74, 6) is 3.42. The van der Waals surface area contributed by atoms with Gasteiger partial charge in [0, 0.05) is 50.8 Å². The van der Waals surface area contributed by atoms with Crippen LogP contribution in [0.25, 0.3) is 0 Å². The summed E-state index contributed by atoms with van der Waals surface area (Å²) in [5.41, 5.74) is 6.32. The van der Waals surface area contributed by atoms with Gasteiger partial charge in [-0.15, -0.1) is 0 Å². The molecule has 10 rings (SSSR count). The topological polar surface area (TPSA) is 144 Å². The number of nitrogens with zero attached hydrogens (tertiary/aromatic N) is 8. The number of piperidine rings is 4. The van der Waals surface area contributed by atoms with E-state index in [1.54, 1.807) is 6.26 Å². The van der Waals surface area contributed by atoms with Crippen molar-refractivity contribution in [2.24, 2.45) is 5.92 Å². The molecule has 4 fully saturated rings. The Morgan fingerprint density at radius 1 is 0.886 bits per heavy atom. The fraction of sp³-hybridized carbons (Fsp3) is 0.473. The van der Waals surface area contributed by atoms with Gasteiger partial charge in [-0.1, -0.05) is 43.6 Å². The average Bonchev–Trinajstić information content (AvgIpc) is 4.02. The normalized spacial score (nSPS) is 21.2. The molecule has 0 bridgehead atoms. The minimum Gasteiger partial charge on any atom is -0.494 e. The molecule has 5 aliphatic heterocycles. The number of fused-ring (bicyclic) bond motifs is 1. The molecule has 0 aliphatic carbocycles. The number of nitriles is 1. The number of benzene rings is 3. The molecule has 2 unspecified atom stereocenters. The lowest BCUT2D eigenvalue weighted by atomic mass is 9.77. The predicted octanol–water partition coefficient (Wildman–Crippen LogP) is 8.83. The Morgan fingerprint density at radius 3 is 2.36 bits per heavy atom. The first-order valence-electron chi connectivity index (χ1n) is 25.0. The fourth-order valence-electron chi connectivity index (χ4n) is 11.7. The Hall–Kier alpha value is -6.14. The van der Waals surface area contributed by atoms with Crippen LogP contribution in [0.1, 0.15) is 111 Å². The molecule has 14 nitrogen and oxygen atoms in total. The summed E-state index contributed by atoms with van der Waals surface area (Å²) in [6, 6.07) is 26.7. The monoisotopic (exact) mass is 965 g/mol. The molecular formula is C55H64ClN9O5. The highest BCUT2D eigenvalue weighted by Crippen LogP contribution is 2.49. The second kappa shape index (κ2) is 20.3. The summed E-state index contributed by atoms with van der Waals surface area (Å²) in [6.07, 6.45) is 11.1. The van der Waals surface area contributed by atoms with Crippen molar-refractivity contribution in [3.63, 3.8) is 0 Å². The zero-order valence-corrected chi connectivity index (χ0v) is 41.5. The van der Waals surface area contributed by atoms with E-state index in [2.05, 4.69) is 92.1 Å². The van der Waals surface area contributed by atoms with Crippen LogP contribution in [0.2, 0.25) is 5.02 Å². The van der Waals surface area contributed by atoms with Crippen molar-refractivity contribution >= 4 is 40.7 Å². The van der Waals surface area contributed by atoms with Gasteiger partial charge in [-0.3, -0.25) is 14.9 Å². The maximum absolute atomic E-state index is 13.1. The Bertz CT molecular complexity index is 2700. The highest BCUT2D eigenvalue weighted by atomic mass is 35.5. The van der Waals surface area contributed by atoms with E-state index >= 15 is 0 Å². The molecular weight excluding hydrogens is 902 g/mol. The fourth-order valence-corrected chi connectivity index (χ4v) is 12.0. The number of ether oxygens (including phenoxy) is 2. The zero-order valence-electron chi connectivity index (χ0n) is 40.8. The van der Waals surface area contributed by atoms with Gasteiger partial charge < -0.3 is 38.4 Å². The van der Waals surface area contributed by atoms with Gasteiger partial charge in [-0.2, -0.15) is 5.26 Å². The van der Waals surface area contributed by atoms with Crippen molar-refractivity contribution in [1.29, 1.82) is 5.26 Å². The molecule has 4 saturated heterocycles. The van der Waals surface area contributed by atoms with Gasteiger partial charge in [-0.05, 0) is 154 Å². The number of methoxy groups -OCH3 is 1. The molecule has 2 aromatic heterocycles. The molecule has 366 valence electrons. The third kappa shape index (κ3) is 9.68. The van der Waals surface area contributed by atoms with Gasteiger partial charge >= 0.3 is 0 Å². The van der Waals surface area contributed by atoms with Crippen LogP contribution in [0, 0.1) is 17.2 Å². The first-order chi connectivity index (χ1) is 34.0. The number of hydrogen-bond donors (Lipinski definition) is 1. The number of halogens is 1. The molecule has 0 saturated carbocycles. The van der Waals surface area contributed by atoms with E-state index in [4.69, 9.17) is 30.5 Å². The van der Waals surface area contributed by atoms with Crippen LogP contribution in [0.3, 0.4) is 0 Å². The third-order valence-electron chi connectivity index (χ3n) is 15.9. The highest BCUT2D eigenvalue weighted by Gasteiger charge is 2.45. The Labute approximate surface area is 416 Å². The van der Waals surface area contributed by atoms with Crippen molar-refractivity contribution < 1.29 is 23.5 Å². The molecule has 1 N–H and O–H groups in total. The zero-order chi connectivity index (χ0) is 48.5. The summed E-state index contributed by atoms with van der Waals surface area (Å²) >= 11 is 6.49. The minimum atomic E-state index is -0.448. The van der Waals surface area contributed by atoms with E-state index in [0.717, 1.165) is 117 Å². The predicted molar refractivity (Wildman–Crippen MR) is 271 cm³/mol. The summed E-state index contributed by atoms with van der Waals surface area (Å²) in [6.45, 7) is 12.2. The third-order valence-corrected chi connectivity index (χ3v) is 16.2. The SMILES string of the molecule is COc1c(Cl)cc(C(C)(C)c2ccc(OCc3ccnc(N4CCC(CN5CCC(N6CCC(c7ccc8c(c7)N(C)C(c7ccco7)N8C7CCC(=O)NC7=O)CC6)CC5)CC4)n3)cc2)cc1C#N. The van der Waals surface area contributed by atoms with Crippen LogP contribution < -0.4 is 29.5 Å². The molecule has 2 amide bonds. The van der Waals surface area contributed by atoms with E-state index in [0.29, 0.717) is 53.7 Å². The lowest BCUT2D eigenvalue weighted by Gasteiger charge is -2.43. The highest BCUT2D eigenvalue weighted by molar-refractivity contribution is 6.32. The molecule has 7 heterocycles. The molecule has 0 spiro atoms. The number of carbonyl (C=O) groups is 2. The second-order valence-corrected chi connectivity index (χ2v) is 20.7. The standard InChI is InChI=1S/C55H64ClN9O5/c1-55(2,41-30-39(33-57)51(68-4)45(56)32-41)40-8-10-44(11-9-40)70-35-42-15-22-58-54(59-42)64-25-16-36(17-26-64)34-62-23-20-43(21-24-62)63-27-18-37(19-28-63)38-7-12-46-48(31-38)61(3)53(49-6-5-29-69-49)65(46)47-13-14-50(66)60-52(47)67/h5-12,15,22,29-32,36-37,43,47,53H,13-14,16-21,23-28,34-35H2,1-4H3,(H,60,66,67). The van der Waals surface area contributed by atoms with Crippen molar-refractivity contribution in [2.75, 3.05) is 74.7 Å². The van der Waals surface area contributed by atoms with Crippen molar-refractivity contribution in [1.82, 2.24) is 25.1 Å². The van der Waals surface area contributed by atoms with E-state index < -0.39 is 11.5 Å². The summed E-state index contributed by atoms with van der Waals surface area (Å²) in [7, 11) is 3.60. The Kier molecular flexibility index (Phi) is 13.8. The maximum atomic E-state index is 13.1. The largest absolute Gasteiger partial charge is 0.494 e. The molecule has 5 aromatic rings. The van der Waals surface area contributed by atoms with Crippen molar-refractivity contribution in [2.45, 2.75) is 101 Å². The molecule has 3 aromatic carbocycles. The van der Waals surface area contributed by atoms with Gasteiger partial charge in [-0.25, -0.2) is 9.97 Å². The van der Waals surface area contributed by atoms with Crippen molar-refractivity contribution in [3.8, 4) is 17.6 Å².